The molecule has 0 aliphatic carbocycles. The number of aliphatic hydroxyl groups is 1. The fourth-order valence-corrected chi connectivity index (χ4v) is 10.4. The lowest BCUT2D eigenvalue weighted by Crippen LogP contribution is -2.58. The Kier molecular flexibility index (Phi) is 17.8. The molecule has 0 spiro atoms. The number of hydrogen-bond acceptors (Lipinski definition) is 12. The van der Waals surface area contributed by atoms with E-state index < -0.39 is 70.7 Å². The first-order chi connectivity index (χ1) is 34.2. The number of carbonyl (C=O) groups is 3. The van der Waals surface area contributed by atoms with Crippen molar-refractivity contribution >= 4 is 40.0 Å². The number of nitrogens with zero attached hydrogens (tertiary/aromatic N) is 3. The van der Waals surface area contributed by atoms with Crippen molar-refractivity contribution < 1.29 is 51.6 Å². The number of aromatic nitrogens is 2. The van der Waals surface area contributed by atoms with Gasteiger partial charge in [0.05, 0.1) is 67.3 Å². The summed E-state index contributed by atoms with van der Waals surface area (Å²) in [6.07, 6.45) is -0.314. The zero-order chi connectivity index (χ0) is 51.9. The van der Waals surface area contributed by atoms with Gasteiger partial charge < -0.3 is 50.3 Å². The van der Waals surface area contributed by atoms with E-state index in [0.29, 0.717) is 12.1 Å². The third-order valence-corrected chi connectivity index (χ3v) is 14.0. The van der Waals surface area contributed by atoms with Crippen LogP contribution in [0.2, 0.25) is 0 Å². The van der Waals surface area contributed by atoms with E-state index in [1.807, 2.05) is 67.3 Å². The van der Waals surface area contributed by atoms with Crippen molar-refractivity contribution in [2.45, 2.75) is 103 Å². The van der Waals surface area contributed by atoms with Gasteiger partial charge in [-0.15, -0.1) is 11.3 Å². The average molecular weight is 1020 g/mol. The van der Waals surface area contributed by atoms with Crippen LogP contribution in [0.1, 0.15) is 88.1 Å². The van der Waals surface area contributed by atoms with Gasteiger partial charge in [-0.1, -0.05) is 63.2 Å². The number of likely N-dealkylation sites (tertiary alicyclic amines) is 1. The number of hydrogen-bond donors (Lipinski definition) is 5. The number of fused-ring (bicyclic) bond motifs is 3. The predicted octanol–water partition coefficient (Wildman–Crippen LogP) is 6.70. The molecule has 4 heterocycles. The molecule has 0 radical (unpaired) electrons. The molecule has 1 saturated heterocycles. The predicted molar refractivity (Wildman–Crippen MR) is 269 cm³/mol. The number of nitrogens with one attached hydrogen (secondary N) is 3. The molecule has 6 atom stereocenters. The molecule has 1 fully saturated rings. The van der Waals surface area contributed by atoms with Gasteiger partial charge in [0.15, 0.2) is 0 Å². The van der Waals surface area contributed by atoms with Gasteiger partial charge >= 0.3 is 0 Å². The maximum absolute atomic E-state index is 16.0. The average Bonchev–Trinajstić information content (AvgIpc) is 4.05. The lowest BCUT2D eigenvalue weighted by Gasteiger charge is -2.43. The Morgan fingerprint density at radius 1 is 0.944 bits per heavy atom. The first-order valence-electron chi connectivity index (χ1n) is 24.4. The lowest BCUT2D eigenvalue weighted by atomic mass is 9.85. The minimum Gasteiger partial charge on any atom is -0.491 e. The highest BCUT2D eigenvalue weighted by Crippen LogP contribution is 2.44. The van der Waals surface area contributed by atoms with Gasteiger partial charge in [-0.3, -0.25) is 19.3 Å². The number of H-pyrrole nitrogens is 1. The van der Waals surface area contributed by atoms with Crippen LogP contribution in [0, 0.1) is 24.0 Å². The second-order valence-corrected chi connectivity index (χ2v) is 21.1. The minimum atomic E-state index is -1.62. The summed E-state index contributed by atoms with van der Waals surface area (Å²) in [7, 11) is 0. The third kappa shape index (κ3) is 13.2. The van der Waals surface area contributed by atoms with Crippen molar-refractivity contribution in [1.82, 2.24) is 30.4 Å². The van der Waals surface area contributed by atoms with E-state index in [9.17, 15) is 19.5 Å². The van der Waals surface area contributed by atoms with Crippen LogP contribution in [-0.4, -0.2) is 138 Å². The zero-order valence-electron chi connectivity index (χ0n) is 42.1. The van der Waals surface area contributed by atoms with Crippen LogP contribution >= 0.6 is 11.3 Å². The smallest absolute Gasteiger partial charge is 0.246 e. The van der Waals surface area contributed by atoms with Crippen molar-refractivity contribution in [1.29, 1.82) is 0 Å². The molecular weight excluding hydrogens is 952 g/mol. The molecule has 19 heteroatoms. The lowest BCUT2D eigenvalue weighted by molar-refractivity contribution is -0.144. The Morgan fingerprint density at radius 3 is 2.22 bits per heavy atom. The van der Waals surface area contributed by atoms with Crippen LogP contribution in [0.25, 0.3) is 21.3 Å². The quantitative estimate of drug-likeness (QED) is 0.0464. The van der Waals surface area contributed by atoms with Crippen LogP contribution in [0.5, 0.6) is 5.75 Å². The Labute approximate surface area is 422 Å². The van der Waals surface area contributed by atoms with E-state index in [4.69, 9.17) is 24.7 Å². The Bertz CT molecular complexity index is 2630. The second kappa shape index (κ2) is 23.6. The van der Waals surface area contributed by atoms with Gasteiger partial charge in [-0.2, -0.15) is 0 Å². The number of rotatable bonds is 22. The van der Waals surface area contributed by atoms with Crippen LogP contribution in [0.15, 0.2) is 66.2 Å². The summed E-state index contributed by atoms with van der Waals surface area (Å²) in [5.74, 6) is -3.12. The largest absolute Gasteiger partial charge is 0.491 e. The molecule has 2 aliphatic heterocycles. The maximum Gasteiger partial charge on any atom is 0.246 e. The summed E-state index contributed by atoms with van der Waals surface area (Å²) >= 11 is 1.54. The number of alkyl halides is 1. The van der Waals surface area contributed by atoms with Crippen LogP contribution in [0.3, 0.4) is 0 Å². The number of thiazole rings is 1. The van der Waals surface area contributed by atoms with E-state index in [-0.39, 0.29) is 89.7 Å². The van der Waals surface area contributed by atoms with Gasteiger partial charge in [-0.25, -0.2) is 18.2 Å². The normalized spacial score (nSPS) is 19.3. The molecule has 3 amide bonds. The molecule has 5 aromatic rings. The van der Waals surface area contributed by atoms with E-state index in [1.165, 1.54) is 18.7 Å². The molecule has 390 valence electrons. The van der Waals surface area contributed by atoms with E-state index in [2.05, 4.69) is 20.6 Å². The van der Waals surface area contributed by atoms with Gasteiger partial charge in [0.2, 0.25) is 17.7 Å². The Hall–Kier alpha value is -5.41. The van der Waals surface area contributed by atoms with Crippen LogP contribution in [-0.2, 0) is 35.0 Å². The number of aryl methyl sites for hydroxylation is 1. The molecule has 7 rings (SSSR count). The van der Waals surface area contributed by atoms with Crippen LogP contribution < -0.4 is 21.1 Å². The molecule has 3 aromatic carbocycles. The number of aliphatic hydroxyl groups excluding tert-OH is 1. The highest BCUT2D eigenvalue weighted by atomic mass is 32.1. The molecule has 15 nitrogen and oxygen atoms in total. The van der Waals surface area contributed by atoms with Crippen molar-refractivity contribution in [2.75, 3.05) is 65.9 Å². The number of halogens is 3. The van der Waals surface area contributed by atoms with Crippen molar-refractivity contribution in [3.05, 3.63) is 106 Å². The molecule has 2 aliphatic rings. The third-order valence-electron chi connectivity index (χ3n) is 13.0. The summed E-state index contributed by atoms with van der Waals surface area (Å²) in [6, 6.07) is 14.0. The monoisotopic (exact) mass is 1020 g/mol. The number of nitrogens with two attached hydrogens (primary N) is 1. The summed E-state index contributed by atoms with van der Waals surface area (Å²) in [5.41, 5.74) is 10.5. The van der Waals surface area contributed by atoms with Gasteiger partial charge in [0.1, 0.15) is 48.4 Å². The highest BCUT2D eigenvalue weighted by molar-refractivity contribution is 7.13. The van der Waals surface area contributed by atoms with E-state index in [0.717, 1.165) is 50.3 Å². The summed E-state index contributed by atoms with van der Waals surface area (Å²) in [4.78, 5) is 52.8. The number of benzene rings is 3. The number of carbonyl (C=O) groups excluding carboxylic acids is 3. The topological polar surface area (TPSA) is 194 Å². The number of aromatic amines is 1. The van der Waals surface area contributed by atoms with Crippen molar-refractivity contribution in [2.24, 2.45) is 11.1 Å². The highest BCUT2D eigenvalue weighted by Gasteiger charge is 2.45. The standard InChI is InChI=1S/C53H68F3N7O8S/c1-31-22-38-37-10-8-9-11-41(37)59-46(38)47(63(31)29-53(6,7)56)45-39(54)24-36(25-40(45)55)71-21-20-69-17-16-68-18-19-70-28-44(65)61-49(52(3,4)5)51(67)62-27-35(64)23-43(62)50(66)60-42(26-57)33-12-14-34(15-13-33)48-32(2)58-30-72-48/h8-15,24-25,30-31,35,42-43,47,49,59,64H,16-23,26-29,57H2,1-7H3,(H,60,66)(H,61,65)/t31-,35?,42-,43?,47-,49-/m1/s1. The molecule has 0 saturated carbocycles. The van der Waals surface area contributed by atoms with Gasteiger partial charge in [0, 0.05) is 66.4 Å². The summed E-state index contributed by atoms with van der Waals surface area (Å²) in [6.45, 7) is 12.5. The summed E-state index contributed by atoms with van der Waals surface area (Å²) in [5, 5.41) is 17.4. The SMILES string of the molecule is Cc1ncsc1-c1ccc([C@@H](CN)NC(=O)C2CC(O)CN2C(=O)[C@@H](NC(=O)COCCOCCOCCOc2cc(F)c([C@@H]3c4[nH]c5ccccc5c4C[C@@H](C)N3CC(C)(C)F)c(F)c2)C(C)(C)C)cc1. The Balaban J connectivity index is 0.821. The number of β-amino-alcohol motifs (C(OH)–C–C–N with tert-alkyl or cyclic N) is 1. The molecule has 2 aromatic heterocycles. The zero-order valence-corrected chi connectivity index (χ0v) is 42.9. The van der Waals surface area contributed by atoms with E-state index >= 15 is 13.2 Å². The van der Waals surface area contributed by atoms with Gasteiger partial charge in [-0.05, 0) is 62.3 Å². The van der Waals surface area contributed by atoms with E-state index in [1.54, 1.807) is 37.6 Å². The fraction of sp³-hybridized carbons (Fsp3) is 0.509. The molecule has 72 heavy (non-hydrogen) atoms. The maximum atomic E-state index is 16.0. The van der Waals surface area contributed by atoms with Gasteiger partial charge in [0.25, 0.3) is 0 Å². The fourth-order valence-electron chi connectivity index (χ4n) is 9.54. The summed E-state index contributed by atoms with van der Waals surface area (Å²) < 4.78 is 69.5. The van der Waals surface area contributed by atoms with Crippen molar-refractivity contribution in [3.63, 3.8) is 0 Å². The molecule has 2 unspecified atom stereocenters. The first-order valence-corrected chi connectivity index (χ1v) is 25.3. The number of amides is 3. The number of para-hydroxylation sites is 1. The Morgan fingerprint density at radius 2 is 1.60 bits per heavy atom. The molecular formula is C53H68F3N7O8S. The first kappa shape index (κ1) is 54.4. The molecule has 6 N–H and O–H groups in total. The minimum absolute atomic E-state index is 0.00825. The molecule has 0 bridgehead atoms. The second-order valence-electron chi connectivity index (χ2n) is 20.3. The van der Waals surface area contributed by atoms with Crippen molar-refractivity contribution in [3.8, 4) is 16.2 Å². The number of ether oxygens (including phenoxy) is 4. The van der Waals surface area contributed by atoms with Crippen LogP contribution in [0.4, 0.5) is 13.2 Å².